The van der Waals surface area contributed by atoms with Crippen LogP contribution in [0.25, 0.3) is 0 Å². The minimum absolute atomic E-state index is 0.00493. The fourth-order valence-electron chi connectivity index (χ4n) is 14.1. The highest BCUT2D eigenvalue weighted by Crippen LogP contribution is 2.70. The maximum Gasteiger partial charge on any atom is 0.187 e. The topological polar surface area (TPSA) is 276 Å². The molecule has 63 heavy (non-hydrogen) atoms. The van der Waals surface area contributed by atoms with E-state index in [1.807, 2.05) is 0 Å². The highest BCUT2D eigenvalue weighted by atomic mass is 16.8. The average molecular weight is 901 g/mol. The molecule has 4 aliphatic carbocycles. The summed E-state index contributed by atoms with van der Waals surface area (Å²) >= 11 is 0. The molecule has 26 atom stereocenters. The second-order valence-electron chi connectivity index (χ2n) is 21.1. The summed E-state index contributed by atoms with van der Waals surface area (Å²) in [5.41, 5.74) is 1.54. The van der Waals surface area contributed by atoms with Crippen LogP contribution in [0.5, 0.6) is 0 Å². The van der Waals surface area contributed by atoms with Gasteiger partial charge < -0.3 is 89.0 Å². The molecule has 0 radical (unpaired) electrons. The van der Waals surface area contributed by atoms with Gasteiger partial charge in [0.2, 0.25) is 0 Å². The van der Waals surface area contributed by atoms with Crippen molar-refractivity contribution >= 4 is 0 Å². The van der Waals surface area contributed by atoms with Crippen LogP contribution in [0.15, 0.2) is 11.6 Å². The van der Waals surface area contributed by atoms with Crippen molar-refractivity contribution in [3.8, 4) is 0 Å². The predicted molar refractivity (Wildman–Crippen MR) is 216 cm³/mol. The standard InChI is InChI=1S/C45H72O18/c1-19-7-12-45(56-18-19)20(2)30-26(63-45)14-25-23-6-5-21-13-22(8-10-43(21,3)24(23)9-11-44(25,30)4)57-40-37(55)35(53)38(29(17-48)60-40)61-42-39(34(52)32(50)28(16-47)59-42)62-41-36(54)33(51)31(49)27(15-46)58-41/h5,19-20,22-42,46-55H,6-18H2,1-4H3/t19-,20-,22-,23+,24-,25-,26-,27+,28+,29+,30-,31+,32+,33-,34-,35+,36+,37+,38-,39+,40+,41-,42-,43-,44-,45+/m0/s1. The van der Waals surface area contributed by atoms with Gasteiger partial charge in [0.1, 0.15) is 73.2 Å². The molecule has 8 fully saturated rings. The number of hydrogen-bond donors (Lipinski definition) is 10. The number of fused-ring (bicyclic) bond motifs is 7. The van der Waals surface area contributed by atoms with Crippen LogP contribution in [0.1, 0.15) is 85.5 Å². The zero-order chi connectivity index (χ0) is 44.9. The van der Waals surface area contributed by atoms with Crippen molar-refractivity contribution in [3.05, 3.63) is 11.6 Å². The van der Waals surface area contributed by atoms with Gasteiger partial charge in [-0.05, 0) is 91.8 Å². The third kappa shape index (κ3) is 7.81. The SMILES string of the molecule is C[C@H]1CC[C@@]2(OC1)O[C@H]1C[C@H]3[C@@H]4CC=C5C[C@@H](O[C@@H]6O[C@H](CO)[C@H](O[C@@H]7O[C@H](CO)[C@@H](O)[C@H](O)[C@H]7O[C@@H]7O[C@H](CO)[C@@H](O)[C@H](O)[C@H]7O)[C@H](O)[C@H]6O)CC[C@]5(C)[C@H]4CC[C@]3(C)[C@H]1[C@@H]2C. The normalized spacial score (nSPS) is 56.9. The summed E-state index contributed by atoms with van der Waals surface area (Å²) < 4.78 is 48.9. The zero-order valence-electron chi connectivity index (χ0n) is 36.8. The highest BCUT2D eigenvalue weighted by Gasteiger charge is 2.69. The molecule has 18 nitrogen and oxygen atoms in total. The first-order valence-corrected chi connectivity index (χ1v) is 23.5. The van der Waals surface area contributed by atoms with Crippen molar-refractivity contribution in [2.24, 2.45) is 46.3 Å². The molecule has 0 aromatic carbocycles. The van der Waals surface area contributed by atoms with Gasteiger partial charge in [0.25, 0.3) is 0 Å². The fraction of sp³-hybridized carbons (Fsp3) is 0.956. The second kappa shape index (κ2) is 17.8. The highest BCUT2D eigenvalue weighted by molar-refractivity contribution is 5.26. The number of allylic oxidation sites excluding steroid dienone is 1. The lowest BCUT2D eigenvalue weighted by Crippen LogP contribution is -2.67. The van der Waals surface area contributed by atoms with Gasteiger partial charge in [-0.3, -0.25) is 0 Å². The van der Waals surface area contributed by atoms with E-state index >= 15 is 0 Å². The van der Waals surface area contributed by atoms with Gasteiger partial charge in [0.15, 0.2) is 24.7 Å². The third-order valence-electron chi connectivity index (χ3n) is 17.7. The van der Waals surface area contributed by atoms with Crippen LogP contribution < -0.4 is 0 Å². The molecule has 0 amide bonds. The van der Waals surface area contributed by atoms with Crippen LogP contribution in [-0.2, 0) is 37.9 Å². The van der Waals surface area contributed by atoms with E-state index in [0.29, 0.717) is 48.3 Å². The van der Waals surface area contributed by atoms with Gasteiger partial charge in [-0.15, -0.1) is 0 Å². The first kappa shape index (κ1) is 47.1. The lowest BCUT2D eigenvalue weighted by molar-refractivity contribution is -0.390. The van der Waals surface area contributed by atoms with E-state index in [1.165, 1.54) is 12.0 Å². The third-order valence-corrected chi connectivity index (χ3v) is 17.7. The first-order valence-electron chi connectivity index (χ1n) is 23.5. The van der Waals surface area contributed by atoms with E-state index in [2.05, 4.69) is 33.8 Å². The van der Waals surface area contributed by atoms with Gasteiger partial charge in [0, 0.05) is 12.3 Å². The lowest BCUT2D eigenvalue weighted by Gasteiger charge is -2.58. The predicted octanol–water partition coefficient (Wildman–Crippen LogP) is -0.813. The van der Waals surface area contributed by atoms with Gasteiger partial charge in [-0.25, -0.2) is 0 Å². The Labute approximate surface area is 368 Å². The van der Waals surface area contributed by atoms with Crippen molar-refractivity contribution in [2.45, 2.75) is 196 Å². The molecule has 5 aliphatic heterocycles. The Kier molecular flexibility index (Phi) is 13.3. The van der Waals surface area contributed by atoms with Crippen molar-refractivity contribution < 1.29 is 89.0 Å². The molecule has 9 rings (SSSR count). The van der Waals surface area contributed by atoms with Crippen molar-refractivity contribution in [2.75, 3.05) is 26.4 Å². The Hall–Kier alpha value is -0.980. The monoisotopic (exact) mass is 900 g/mol. The minimum atomic E-state index is -1.89. The molecule has 5 heterocycles. The molecule has 360 valence electrons. The molecule has 0 aromatic rings. The van der Waals surface area contributed by atoms with Crippen LogP contribution in [0.4, 0.5) is 0 Å². The molecule has 0 aromatic heterocycles. The average Bonchev–Trinajstić information content (AvgIpc) is 3.72. The Morgan fingerprint density at radius 1 is 0.651 bits per heavy atom. The van der Waals surface area contributed by atoms with E-state index in [4.69, 9.17) is 37.9 Å². The van der Waals surface area contributed by atoms with Crippen LogP contribution in [0.2, 0.25) is 0 Å². The molecule has 5 saturated heterocycles. The lowest BCUT2D eigenvalue weighted by atomic mass is 9.47. The smallest absolute Gasteiger partial charge is 0.187 e. The summed E-state index contributed by atoms with van der Waals surface area (Å²) in [5.74, 6) is 2.65. The number of rotatable bonds is 9. The van der Waals surface area contributed by atoms with Crippen LogP contribution in [-0.4, -0.2) is 188 Å². The quantitative estimate of drug-likeness (QED) is 0.127. The molecule has 10 N–H and O–H groups in total. The molecular weight excluding hydrogens is 828 g/mol. The Morgan fingerprint density at radius 3 is 1.95 bits per heavy atom. The van der Waals surface area contributed by atoms with Gasteiger partial charge in [-0.1, -0.05) is 39.3 Å². The van der Waals surface area contributed by atoms with Crippen molar-refractivity contribution in [1.29, 1.82) is 0 Å². The van der Waals surface area contributed by atoms with E-state index in [1.54, 1.807) is 0 Å². The van der Waals surface area contributed by atoms with Gasteiger partial charge in [-0.2, -0.15) is 0 Å². The fourth-order valence-corrected chi connectivity index (χ4v) is 14.1. The summed E-state index contributed by atoms with van der Waals surface area (Å²) in [5, 5.41) is 106. The van der Waals surface area contributed by atoms with Crippen LogP contribution in [0.3, 0.4) is 0 Å². The molecule has 3 saturated carbocycles. The number of ether oxygens (including phenoxy) is 8. The molecule has 9 aliphatic rings. The van der Waals surface area contributed by atoms with Crippen molar-refractivity contribution in [3.63, 3.8) is 0 Å². The Bertz CT molecular complexity index is 1630. The van der Waals surface area contributed by atoms with Crippen LogP contribution >= 0.6 is 0 Å². The summed E-state index contributed by atoms with van der Waals surface area (Å²) in [6.07, 6.45) is -13.6. The van der Waals surface area contributed by atoms with E-state index in [9.17, 15) is 51.1 Å². The molecule has 0 bridgehead atoms. The van der Waals surface area contributed by atoms with Gasteiger partial charge in [0.05, 0.1) is 38.6 Å². The Morgan fingerprint density at radius 2 is 1.27 bits per heavy atom. The summed E-state index contributed by atoms with van der Waals surface area (Å²) in [6, 6.07) is 0. The van der Waals surface area contributed by atoms with Crippen LogP contribution in [0, 0.1) is 46.3 Å². The maximum absolute atomic E-state index is 11.5. The Balaban J connectivity index is 0.849. The number of aliphatic hydroxyl groups is 10. The molecule has 0 unspecified atom stereocenters. The minimum Gasteiger partial charge on any atom is -0.394 e. The molecule has 1 spiro atoms. The maximum atomic E-state index is 11.5. The van der Waals surface area contributed by atoms with Crippen molar-refractivity contribution in [1.82, 2.24) is 0 Å². The van der Waals surface area contributed by atoms with E-state index in [0.717, 1.165) is 45.1 Å². The van der Waals surface area contributed by atoms with E-state index < -0.39 is 118 Å². The van der Waals surface area contributed by atoms with Gasteiger partial charge >= 0.3 is 0 Å². The zero-order valence-corrected chi connectivity index (χ0v) is 36.8. The summed E-state index contributed by atoms with van der Waals surface area (Å²) in [4.78, 5) is 0. The molecule has 18 heteroatoms. The summed E-state index contributed by atoms with van der Waals surface area (Å²) in [6.45, 7) is 8.10. The second-order valence-corrected chi connectivity index (χ2v) is 21.1. The largest absolute Gasteiger partial charge is 0.394 e. The number of hydrogen-bond acceptors (Lipinski definition) is 18. The first-order chi connectivity index (χ1) is 30.0. The number of aliphatic hydroxyl groups excluding tert-OH is 10. The summed E-state index contributed by atoms with van der Waals surface area (Å²) in [7, 11) is 0. The van der Waals surface area contributed by atoms with E-state index in [-0.39, 0.29) is 23.0 Å². The molecular formula is C45H72O18.